The fourth-order valence-electron chi connectivity index (χ4n) is 2.22. The van der Waals surface area contributed by atoms with Crippen LogP contribution in [0, 0.1) is 0 Å². The first-order chi connectivity index (χ1) is 9.65. The molecule has 2 heterocycles. The van der Waals surface area contributed by atoms with Crippen molar-refractivity contribution >= 4 is 16.6 Å². The highest BCUT2D eigenvalue weighted by Gasteiger charge is 2.13. The second kappa shape index (κ2) is 4.96. The Balaban J connectivity index is 1.84. The van der Waals surface area contributed by atoms with Crippen LogP contribution in [0.1, 0.15) is 12.4 Å². The molecule has 0 atom stereocenters. The molecular weight excluding hydrogens is 262 g/mol. The van der Waals surface area contributed by atoms with Gasteiger partial charge in [0.1, 0.15) is 5.82 Å². The van der Waals surface area contributed by atoms with Crippen molar-refractivity contribution in [2.75, 3.05) is 11.9 Å². The zero-order chi connectivity index (χ0) is 14.1. The molecule has 1 aromatic carbocycles. The number of aromatic nitrogens is 3. The highest BCUT2D eigenvalue weighted by atomic mass is 19.3. The number of alkyl halides is 2. The van der Waals surface area contributed by atoms with Gasteiger partial charge in [0.05, 0.1) is 6.54 Å². The fourth-order valence-corrected chi connectivity index (χ4v) is 2.22. The van der Waals surface area contributed by atoms with Crippen LogP contribution in [0.4, 0.5) is 14.5 Å². The van der Waals surface area contributed by atoms with E-state index in [1.165, 1.54) is 12.4 Å². The molecular formula is C14H14F2N4. The monoisotopic (exact) mass is 276 g/mol. The molecule has 3 aromatic rings. The van der Waals surface area contributed by atoms with Crippen LogP contribution in [0.25, 0.3) is 10.9 Å². The van der Waals surface area contributed by atoms with Gasteiger partial charge < -0.3 is 9.88 Å². The Kier molecular flexibility index (Phi) is 3.14. The van der Waals surface area contributed by atoms with Crippen LogP contribution >= 0.6 is 0 Å². The first-order valence-corrected chi connectivity index (χ1v) is 6.23. The first-order valence-electron chi connectivity index (χ1n) is 6.23. The maximum absolute atomic E-state index is 12.8. The summed E-state index contributed by atoms with van der Waals surface area (Å²) in [6, 6.07) is 7.94. The second-order valence-corrected chi connectivity index (χ2v) is 4.63. The minimum atomic E-state index is -2.56. The normalized spacial score (nSPS) is 11.4. The van der Waals surface area contributed by atoms with Crippen molar-refractivity contribution in [3.8, 4) is 0 Å². The van der Waals surface area contributed by atoms with Crippen LogP contribution in [0.15, 0.2) is 42.9 Å². The largest absolute Gasteiger partial charge is 0.367 e. The Morgan fingerprint density at radius 3 is 3.00 bits per heavy atom. The molecule has 0 saturated carbocycles. The van der Waals surface area contributed by atoms with E-state index in [0.717, 1.165) is 21.2 Å². The van der Waals surface area contributed by atoms with Crippen molar-refractivity contribution in [2.24, 2.45) is 0 Å². The second-order valence-electron chi connectivity index (χ2n) is 4.63. The van der Waals surface area contributed by atoms with E-state index < -0.39 is 6.55 Å². The molecule has 0 amide bonds. The van der Waals surface area contributed by atoms with Gasteiger partial charge in [-0.25, -0.2) is 4.98 Å². The molecule has 1 N–H and O–H groups in total. The average Bonchev–Trinajstić information content (AvgIpc) is 3.05. The molecule has 4 nitrogen and oxygen atoms in total. The van der Waals surface area contributed by atoms with E-state index in [4.69, 9.17) is 0 Å². The van der Waals surface area contributed by atoms with Crippen LogP contribution in [0.5, 0.6) is 0 Å². The molecule has 3 rings (SSSR count). The van der Waals surface area contributed by atoms with E-state index in [-0.39, 0.29) is 0 Å². The lowest BCUT2D eigenvalue weighted by Gasteiger charge is -2.19. The number of halogens is 2. The standard InChI is InChI=1S/C14H14F2N4/c1-19(9-13-18-6-7-20(13)14(15)16)11-3-2-10-4-5-17-12(10)8-11/h2-8,14,17H,9H2,1H3. The van der Waals surface area contributed by atoms with E-state index in [9.17, 15) is 8.78 Å². The van der Waals surface area contributed by atoms with E-state index in [0.29, 0.717) is 12.4 Å². The first kappa shape index (κ1) is 12.7. The predicted octanol–water partition coefficient (Wildman–Crippen LogP) is 3.40. The smallest absolute Gasteiger partial charge is 0.319 e. The van der Waals surface area contributed by atoms with Gasteiger partial charge in [0.25, 0.3) is 0 Å². The Labute approximate surface area is 114 Å². The van der Waals surface area contributed by atoms with Crippen LogP contribution in [-0.4, -0.2) is 21.6 Å². The molecule has 0 aliphatic heterocycles. The third kappa shape index (κ3) is 2.24. The number of imidazole rings is 1. The van der Waals surface area contributed by atoms with Crippen molar-refractivity contribution in [1.82, 2.24) is 14.5 Å². The maximum atomic E-state index is 12.8. The number of H-pyrrole nitrogens is 1. The zero-order valence-electron chi connectivity index (χ0n) is 10.9. The van der Waals surface area contributed by atoms with Gasteiger partial charge >= 0.3 is 6.55 Å². The minimum Gasteiger partial charge on any atom is -0.367 e. The van der Waals surface area contributed by atoms with Gasteiger partial charge in [0, 0.05) is 36.8 Å². The summed E-state index contributed by atoms with van der Waals surface area (Å²) in [4.78, 5) is 9.01. The SMILES string of the molecule is CN(Cc1nccn1C(F)F)c1ccc2cc[nH]c2c1. The van der Waals surface area contributed by atoms with Crippen molar-refractivity contribution < 1.29 is 8.78 Å². The number of benzene rings is 1. The number of nitrogens with one attached hydrogen (secondary N) is 1. The molecule has 0 spiro atoms. The van der Waals surface area contributed by atoms with Crippen LogP contribution in [0.3, 0.4) is 0 Å². The minimum absolute atomic E-state index is 0.323. The van der Waals surface area contributed by atoms with Gasteiger partial charge in [-0.2, -0.15) is 8.78 Å². The number of anilines is 1. The molecule has 0 aliphatic rings. The fraction of sp³-hybridized carbons (Fsp3) is 0.214. The molecule has 0 fully saturated rings. The predicted molar refractivity (Wildman–Crippen MR) is 73.9 cm³/mol. The van der Waals surface area contributed by atoms with Gasteiger partial charge in [-0.1, -0.05) is 6.07 Å². The lowest BCUT2D eigenvalue weighted by Crippen LogP contribution is -2.19. The van der Waals surface area contributed by atoms with E-state index in [1.807, 2.05) is 42.4 Å². The summed E-state index contributed by atoms with van der Waals surface area (Å²) in [5, 5.41) is 1.12. The van der Waals surface area contributed by atoms with E-state index >= 15 is 0 Å². The Morgan fingerprint density at radius 1 is 1.35 bits per heavy atom. The van der Waals surface area contributed by atoms with Crippen LogP contribution < -0.4 is 4.90 Å². The van der Waals surface area contributed by atoms with Crippen LogP contribution in [-0.2, 0) is 6.54 Å². The lowest BCUT2D eigenvalue weighted by molar-refractivity contribution is 0.0670. The quantitative estimate of drug-likeness (QED) is 0.793. The van der Waals surface area contributed by atoms with Gasteiger partial charge in [0.15, 0.2) is 0 Å². The zero-order valence-corrected chi connectivity index (χ0v) is 10.9. The number of hydrogen-bond donors (Lipinski definition) is 1. The topological polar surface area (TPSA) is 36.9 Å². The summed E-state index contributed by atoms with van der Waals surface area (Å²) < 4.78 is 26.4. The molecule has 2 aromatic heterocycles. The maximum Gasteiger partial charge on any atom is 0.319 e. The third-order valence-electron chi connectivity index (χ3n) is 3.32. The van der Waals surface area contributed by atoms with Gasteiger partial charge in [-0.05, 0) is 23.6 Å². The number of rotatable bonds is 4. The van der Waals surface area contributed by atoms with Gasteiger partial charge in [-0.3, -0.25) is 4.57 Å². The lowest BCUT2D eigenvalue weighted by atomic mass is 10.2. The molecule has 0 aliphatic carbocycles. The van der Waals surface area contributed by atoms with Gasteiger partial charge in [-0.15, -0.1) is 0 Å². The number of fused-ring (bicyclic) bond motifs is 1. The third-order valence-corrected chi connectivity index (χ3v) is 3.32. The molecule has 104 valence electrons. The molecule has 0 radical (unpaired) electrons. The van der Waals surface area contributed by atoms with Crippen molar-refractivity contribution in [3.63, 3.8) is 0 Å². The summed E-state index contributed by atoms with van der Waals surface area (Å²) in [5.41, 5.74) is 1.97. The van der Waals surface area contributed by atoms with Crippen molar-refractivity contribution in [2.45, 2.75) is 13.1 Å². The summed E-state index contributed by atoms with van der Waals surface area (Å²) >= 11 is 0. The van der Waals surface area contributed by atoms with Gasteiger partial charge in [0.2, 0.25) is 0 Å². The van der Waals surface area contributed by atoms with E-state index in [2.05, 4.69) is 9.97 Å². The average molecular weight is 276 g/mol. The summed E-state index contributed by atoms with van der Waals surface area (Å²) in [6.07, 6.45) is 4.56. The number of hydrogen-bond acceptors (Lipinski definition) is 2. The Hall–Kier alpha value is -2.37. The summed E-state index contributed by atoms with van der Waals surface area (Å²) in [7, 11) is 1.86. The molecule has 0 saturated heterocycles. The van der Waals surface area contributed by atoms with Crippen LogP contribution in [0.2, 0.25) is 0 Å². The Bertz CT molecular complexity index is 717. The highest BCUT2D eigenvalue weighted by Crippen LogP contribution is 2.22. The van der Waals surface area contributed by atoms with Crippen molar-refractivity contribution in [3.05, 3.63) is 48.7 Å². The highest BCUT2D eigenvalue weighted by molar-refractivity contribution is 5.82. The molecule has 0 bridgehead atoms. The molecule has 6 heteroatoms. The van der Waals surface area contributed by atoms with Crippen molar-refractivity contribution in [1.29, 1.82) is 0 Å². The summed E-state index contributed by atoms with van der Waals surface area (Å²) in [6.45, 7) is -2.24. The Morgan fingerprint density at radius 2 is 2.20 bits per heavy atom. The van der Waals surface area contributed by atoms with E-state index in [1.54, 1.807) is 0 Å². The molecule has 20 heavy (non-hydrogen) atoms. The molecule has 0 unspecified atom stereocenters. The number of nitrogens with zero attached hydrogens (tertiary/aromatic N) is 3. The summed E-state index contributed by atoms with van der Waals surface area (Å²) in [5.74, 6) is 0.342. The number of aromatic amines is 1.